The molecule has 0 aliphatic carbocycles. The molecule has 2 aromatic carbocycles. The number of benzene rings is 2. The predicted octanol–water partition coefficient (Wildman–Crippen LogP) is 3.77. The van der Waals surface area contributed by atoms with Crippen LogP contribution in [0.2, 0.25) is 5.02 Å². The van der Waals surface area contributed by atoms with E-state index < -0.39 is 0 Å². The fourth-order valence-electron chi connectivity index (χ4n) is 2.05. The summed E-state index contributed by atoms with van der Waals surface area (Å²) >= 11 is 9.39. The zero-order valence-corrected chi connectivity index (χ0v) is 13.8. The fraction of sp³-hybridized carbons (Fsp3) is 0.0625. The van der Waals surface area contributed by atoms with Crippen LogP contribution >= 0.6 is 27.5 Å². The third-order valence-electron chi connectivity index (χ3n) is 3.07. The van der Waals surface area contributed by atoms with Crippen molar-refractivity contribution in [1.29, 1.82) is 0 Å². The minimum atomic E-state index is -0.251. The van der Waals surface area contributed by atoms with Gasteiger partial charge in [0.15, 0.2) is 5.82 Å². The maximum atomic E-state index is 12.0. The van der Waals surface area contributed by atoms with Gasteiger partial charge in [0, 0.05) is 15.1 Å². The molecule has 0 unspecified atom stereocenters. The molecule has 3 aromatic rings. The molecular formula is C16H11BrClN3O. The third-order valence-corrected chi connectivity index (χ3v) is 3.80. The molecule has 1 aromatic heterocycles. The first-order valence-electron chi connectivity index (χ1n) is 6.56. The molecule has 3 rings (SSSR count). The van der Waals surface area contributed by atoms with E-state index in [9.17, 15) is 4.79 Å². The third kappa shape index (κ3) is 3.43. The molecule has 0 amide bonds. The van der Waals surface area contributed by atoms with Gasteiger partial charge in [-0.1, -0.05) is 51.8 Å². The second-order valence-electron chi connectivity index (χ2n) is 4.72. The van der Waals surface area contributed by atoms with Gasteiger partial charge in [-0.3, -0.25) is 4.79 Å². The molecule has 0 saturated heterocycles. The molecule has 0 N–H and O–H groups in total. The minimum Gasteiger partial charge on any atom is -0.266 e. The predicted molar refractivity (Wildman–Crippen MR) is 90.0 cm³/mol. The van der Waals surface area contributed by atoms with E-state index in [4.69, 9.17) is 11.6 Å². The van der Waals surface area contributed by atoms with Crippen molar-refractivity contribution >= 4 is 27.5 Å². The van der Waals surface area contributed by atoms with Crippen LogP contribution in [0.1, 0.15) is 5.56 Å². The van der Waals surface area contributed by atoms with Gasteiger partial charge in [-0.15, -0.1) is 5.10 Å². The summed E-state index contributed by atoms with van der Waals surface area (Å²) in [5.74, 6) is 0.503. The first kappa shape index (κ1) is 14.9. The van der Waals surface area contributed by atoms with Crippen molar-refractivity contribution in [1.82, 2.24) is 14.8 Å². The Labute approximate surface area is 140 Å². The highest BCUT2D eigenvalue weighted by Gasteiger charge is 2.06. The number of hydrogen-bond donors (Lipinski definition) is 0. The van der Waals surface area contributed by atoms with Crippen LogP contribution < -0.4 is 5.56 Å². The monoisotopic (exact) mass is 375 g/mol. The minimum absolute atomic E-state index is 0.251. The van der Waals surface area contributed by atoms with Crippen molar-refractivity contribution in [2.24, 2.45) is 0 Å². The van der Waals surface area contributed by atoms with Gasteiger partial charge in [0.2, 0.25) is 0 Å². The van der Waals surface area contributed by atoms with Gasteiger partial charge in [-0.2, -0.15) is 0 Å². The molecule has 22 heavy (non-hydrogen) atoms. The highest BCUT2D eigenvalue weighted by atomic mass is 79.9. The van der Waals surface area contributed by atoms with E-state index in [1.54, 1.807) is 6.07 Å². The van der Waals surface area contributed by atoms with E-state index in [1.165, 1.54) is 10.9 Å². The van der Waals surface area contributed by atoms with Crippen molar-refractivity contribution in [3.05, 3.63) is 80.1 Å². The SMILES string of the molecule is O=c1cnc(-c2cccc(Br)c2)nn1Cc1cccc(Cl)c1. The number of hydrogen-bond acceptors (Lipinski definition) is 3. The van der Waals surface area contributed by atoms with Gasteiger partial charge in [0.25, 0.3) is 5.56 Å². The molecule has 0 aliphatic heterocycles. The van der Waals surface area contributed by atoms with Crippen LogP contribution in [0.25, 0.3) is 11.4 Å². The lowest BCUT2D eigenvalue weighted by Gasteiger charge is -2.07. The molecule has 4 nitrogen and oxygen atoms in total. The largest absolute Gasteiger partial charge is 0.285 e. The second-order valence-corrected chi connectivity index (χ2v) is 6.07. The standard InChI is InChI=1S/C16H11BrClN3O/c17-13-5-2-4-12(8-13)16-19-9-15(22)21(20-16)10-11-3-1-6-14(18)7-11/h1-9H,10H2. The summed E-state index contributed by atoms with van der Waals surface area (Å²) in [6.45, 7) is 0.350. The Morgan fingerprint density at radius 2 is 1.95 bits per heavy atom. The Morgan fingerprint density at radius 3 is 2.73 bits per heavy atom. The van der Waals surface area contributed by atoms with E-state index in [0.29, 0.717) is 17.4 Å². The number of rotatable bonds is 3. The summed E-state index contributed by atoms with van der Waals surface area (Å²) < 4.78 is 2.32. The lowest BCUT2D eigenvalue weighted by atomic mass is 10.2. The van der Waals surface area contributed by atoms with E-state index in [0.717, 1.165) is 15.6 Å². The van der Waals surface area contributed by atoms with Gasteiger partial charge in [0.05, 0.1) is 12.7 Å². The normalized spacial score (nSPS) is 10.6. The molecule has 0 fully saturated rings. The highest BCUT2D eigenvalue weighted by Crippen LogP contribution is 2.19. The van der Waals surface area contributed by atoms with Gasteiger partial charge >= 0.3 is 0 Å². The first-order chi connectivity index (χ1) is 10.6. The highest BCUT2D eigenvalue weighted by molar-refractivity contribution is 9.10. The summed E-state index contributed by atoms with van der Waals surface area (Å²) in [5.41, 5.74) is 1.50. The summed E-state index contributed by atoms with van der Waals surface area (Å²) in [5, 5.41) is 4.97. The zero-order valence-electron chi connectivity index (χ0n) is 11.4. The molecule has 0 bridgehead atoms. The van der Waals surface area contributed by atoms with E-state index in [-0.39, 0.29) is 5.56 Å². The van der Waals surface area contributed by atoms with Crippen LogP contribution in [0.5, 0.6) is 0 Å². The molecule has 1 heterocycles. The second kappa shape index (κ2) is 6.42. The van der Waals surface area contributed by atoms with Crippen molar-refractivity contribution in [3.8, 4) is 11.4 Å². The van der Waals surface area contributed by atoms with Crippen LogP contribution in [0, 0.1) is 0 Å². The maximum Gasteiger partial charge on any atom is 0.285 e. The van der Waals surface area contributed by atoms with E-state index in [1.807, 2.05) is 42.5 Å². The average Bonchev–Trinajstić information content (AvgIpc) is 2.49. The van der Waals surface area contributed by atoms with E-state index in [2.05, 4.69) is 26.0 Å². The van der Waals surface area contributed by atoms with Gasteiger partial charge < -0.3 is 0 Å². The van der Waals surface area contributed by atoms with Crippen molar-refractivity contribution in [3.63, 3.8) is 0 Å². The summed E-state index contributed by atoms with van der Waals surface area (Å²) in [6, 6.07) is 15.0. The van der Waals surface area contributed by atoms with Crippen LogP contribution in [0.4, 0.5) is 0 Å². The Bertz CT molecular complexity index is 879. The lowest BCUT2D eigenvalue weighted by Crippen LogP contribution is -2.24. The molecule has 0 aliphatic rings. The fourth-order valence-corrected chi connectivity index (χ4v) is 2.67. The van der Waals surface area contributed by atoms with Crippen molar-refractivity contribution < 1.29 is 0 Å². The zero-order chi connectivity index (χ0) is 15.5. The Morgan fingerprint density at radius 1 is 1.14 bits per heavy atom. The van der Waals surface area contributed by atoms with E-state index >= 15 is 0 Å². The molecule has 0 radical (unpaired) electrons. The number of nitrogens with zero attached hydrogens (tertiary/aromatic N) is 3. The maximum absolute atomic E-state index is 12.0. The summed E-state index contributed by atoms with van der Waals surface area (Å²) in [7, 11) is 0. The number of halogens is 2. The molecule has 0 atom stereocenters. The molecular weight excluding hydrogens is 366 g/mol. The smallest absolute Gasteiger partial charge is 0.266 e. The van der Waals surface area contributed by atoms with Crippen LogP contribution in [-0.4, -0.2) is 14.8 Å². The van der Waals surface area contributed by atoms with Crippen molar-refractivity contribution in [2.45, 2.75) is 6.54 Å². The molecule has 110 valence electrons. The molecule has 6 heteroatoms. The summed E-state index contributed by atoms with van der Waals surface area (Å²) in [4.78, 5) is 16.1. The summed E-state index contributed by atoms with van der Waals surface area (Å²) in [6.07, 6.45) is 1.29. The quantitative estimate of drug-likeness (QED) is 0.699. The van der Waals surface area contributed by atoms with Crippen LogP contribution in [0.15, 0.2) is 64.0 Å². The molecule has 0 saturated carbocycles. The Balaban J connectivity index is 1.98. The average molecular weight is 377 g/mol. The van der Waals surface area contributed by atoms with Crippen molar-refractivity contribution in [2.75, 3.05) is 0 Å². The van der Waals surface area contributed by atoms with Gasteiger partial charge in [-0.25, -0.2) is 9.67 Å². The van der Waals surface area contributed by atoms with Crippen LogP contribution in [-0.2, 0) is 6.54 Å². The molecule has 0 spiro atoms. The van der Waals surface area contributed by atoms with Gasteiger partial charge in [-0.05, 0) is 29.8 Å². The first-order valence-corrected chi connectivity index (χ1v) is 7.73. The lowest BCUT2D eigenvalue weighted by molar-refractivity contribution is 0.630. The number of aromatic nitrogens is 3. The topological polar surface area (TPSA) is 47.8 Å². The Hall–Kier alpha value is -1.98. The van der Waals surface area contributed by atoms with Crippen LogP contribution in [0.3, 0.4) is 0 Å². The Kier molecular flexibility index (Phi) is 4.36. The van der Waals surface area contributed by atoms with Gasteiger partial charge in [0.1, 0.15) is 0 Å².